The third kappa shape index (κ3) is 3.75. The molecule has 0 N–H and O–H groups in total. The number of Topliss-reactive ketones (excluding diaryl/α,β-unsaturated/α-hetero) is 1. The van der Waals surface area contributed by atoms with Crippen molar-refractivity contribution < 1.29 is 4.79 Å². The van der Waals surface area contributed by atoms with Gasteiger partial charge in [0, 0.05) is 45.0 Å². The summed E-state index contributed by atoms with van der Waals surface area (Å²) in [7, 11) is 1.69. The largest absolute Gasteiger partial charge is 0.303 e. The first-order valence-electron chi connectivity index (χ1n) is 9.50. The lowest BCUT2D eigenvalue weighted by Gasteiger charge is -2.30. The Morgan fingerprint density at radius 1 is 1.24 bits per heavy atom. The summed E-state index contributed by atoms with van der Waals surface area (Å²) in [5, 5.41) is 13.5. The Bertz CT molecular complexity index is 1150. The van der Waals surface area contributed by atoms with Crippen molar-refractivity contribution in [1.29, 1.82) is 5.26 Å². The molecule has 0 fully saturated rings. The summed E-state index contributed by atoms with van der Waals surface area (Å²) < 4.78 is 2.97. The summed E-state index contributed by atoms with van der Waals surface area (Å²) >= 11 is 0. The molecule has 7 nitrogen and oxygen atoms in total. The monoisotopic (exact) mass is 387 g/mol. The Morgan fingerprint density at radius 3 is 2.72 bits per heavy atom. The van der Waals surface area contributed by atoms with E-state index in [2.05, 4.69) is 22.1 Å². The van der Waals surface area contributed by atoms with Crippen LogP contribution in [0, 0.1) is 11.3 Å². The minimum absolute atomic E-state index is 0.0723. The van der Waals surface area contributed by atoms with E-state index in [1.54, 1.807) is 25.4 Å². The molecule has 4 rings (SSSR count). The lowest BCUT2D eigenvalue weighted by atomic mass is 10.0. The van der Waals surface area contributed by atoms with E-state index in [0.717, 1.165) is 24.3 Å². The number of hydrogen-bond donors (Lipinski definition) is 0. The number of rotatable bonds is 5. The highest BCUT2D eigenvalue weighted by Gasteiger charge is 2.24. The number of benzene rings is 1. The maximum Gasteiger partial charge on any atom is 0.269 e. The normalized spacial score (nSPS) is 13.7. The molecule has 29 heavy (non-hydrogen) atoms. The van der Waals surface area contributed by atoms with Crippen LogP contribution in [-0.4, -0.2) is 31.6 Å². The van der Waals surface area contributed by atoms with Crippen LogP contribution < -0.4 is 5.56 Å². The van der Waals surface area contributed by atoms with E-state index in [9.17, 15) is 14.9 Å². The molecule has 3 heterocycles. The number of aryl methyl sites for hydroxylation is 1. The van der Waals surface area contributed by atoms with E-state index in [1.165, 1.54) is 14.8 Å². The summed E-state index contributed by atoms with van der Waals surface area (Å²) in [6.45, 7) is 2.14. The number of hydrogen-bond acceptors (Lipinski definition) is 5. The maximum absolute atomic E-state index is 12.8. The molecule has 0 radical (unpaired) electrons. The minimum Gasteiger partial charge on any atom is -0.303 e. The van der Waals surface area contributed by atoms with Crippen molar-refractivity contribution in [2.24, 2.45) is 7.05 Å². The van der Waals surface area contributed by atoms with Crippen molar-refractivity contribution >= 4 is 5.78 Å². The van der Waals surface area contributed by atoms with Crippen LogP contribution in [0.3, 0.4) is 0 Å². The van der Waals surface area contributed by atoms with Crippen LogP contribution in [0.5, 0.6) is 0 Å². The first-order chi connectivity index (χ1) is 14.1. The smallest absolute Gasteiger partial charge is 0.269 e. The average molecular weight is 387 g/mol. The van der Waals surface area contributed by atoms with Gasteiger partial charge in [0.05, 0.1) is 6.54 Å². The molecule has 1 aromatic carbocycles. The zero-order chi connectivity index (χ0) is 20.4. The molecule has 7 heteroatoms. The Balaban J connectivity index is 1.65. The predicted molar refractivity (Wildman–Crippen MR) is 107 cm³/mol. The van der Waals surface area contributed by atoms with Gasteiger partial charge < -0.3 is 4.57 Å². The summed E-state index contributed by atoms with van der Waals surface area (Å²) in [5.41, 5.74) is 3.10. The van der Waals surface area contributed by atoms with Gasteiger partial charge in [-0.2, -0.15) is 10.4 Å². The highest BCUT2D eigenvalue weighted by atomic mass is 16.1. The van der Waals surface area contributed by atoms with Crippen LogP contribution in [0.2, 0.25) is 0 Å². The van der Waals surface area contributed by atoms with Gasteiger partial charge in [-0.1, -0.05) is 30.3 Å². The summed E-state index contributed by atoms with van der Waals surface area (Å²) in [6, 6.07) is 15.5. The van der Waals surface area contributed by atoms with Crippen LogP contribution in [0.4, 0.5) is 0 Å². The van der Waals surface area contributed by atoms with Gasteiger partial charge in [-0.3, -0.25) is 19.2 Å². The van der Waals surface area contributed by atoms with Crippen molar-refractivity contribution in [3.63, 3.8) is 0 Å². The number of nitriles is 1. The van der Waals surface area contributed by atoms with E-state index >= 15 is 0 Å². The van der Waals surface area contributed by atoms with Gasteiger partial charge in [-0.05, 0) is 23.3 Å². The number of pyridine rings is 1. The predicted octanol–water partition coefficient (Wildman–Crippen LogP) is 1.89. The summed E-state index contributed by atoms with van der Waals surface area (Å²) in [6.07, 6.45) is 2.21. The molecular formula is C22H21N5O2. The fourth-order valence-electron chi connectivity index (χ4n) is 3.87. The Morgan fingerprint density at radius 2 is 2.03 bits per heavy atom. The summed E-state index contributed by atoms with van der Waals surface area (Å²) in [5.74, 6) is -0.198. The SMILES string of the molecule is Cn1nccc1C(=O)Cn1c2c(cc(C#N)c1=O)CN(Cc1ccccc1)CC2. The zero-order valence-electron chi connectivity index (χ0n) is 16.2. The molecule has 3 aromatic rings. The summed E-state index contributed by atoms with van der Waals surface area (Å²) in [4.78, 5) is 27.8. The second-order valence-electron chi connectivity index (χ2n) is 7.24. The lowest BCUT2D eigenvalue weighted by molar-refractivity contribution is 0.0959. The van der Waals surface area contributed by atoms with Crippen molar-refractivity contribution in [3.8, 4) is 6.07 Å². The average Bonchev–Trinajstić information content (AvgIpc) is 3.16. The second kappa shape index (κ2) is 7.86. The Hall–Kier alpha value is -3.50. The van der Waals surface area contributed by atoms with Gasteiger partial charge in [0.25, 0.3) is 5.56 Å². The number of ketones is 1. The van der Waals surface area contributed by atoms with Crippen molar-refractivity contribution in [2.75, 3.05) is 6.54 Å². The molecule has 2 aromatic heterocycles. The first kappa shape index (κ1) is 18.8. The van der Waals surface area contributed by atoms with Gasteiger partial charge in [-0.15, -0.1) is 0 Å². The lowest BCUT2D eigenvalue weighted by Crippen LogP contribution is -2.37. The van der Waals surface area contributed by atoms with Crippen LogP contribution in [0.1, 0.15) is 32.9 Å². The van der Waals surface area contributed by atoms with Crippen molar-refractivity contribution in [3.05, 3.63) is 87.1 Å². The first-order valence-corrected chi connectivity index (χ1v) is 9.50. The highest BCUT2D eigenvalue weighted by Crippen LogP contribution is 2.21. The third-order valence-corrected chi connectivity index (χ3v) is 5.33. The van der Waals surface area contributed by atoms with Crippen molar-refractivity contribution in [2.45, 2.75) is 26.1 Å². The molecular weight excluding hydrogens is 366 g/mol. The molecule has 146 valence electrons. The molecule has 0 bridgehead atoms. The quantitative estimate of drug-likeness (QED) is 0.625. The van der Waals surface area contributed by atoms with E-state index in [-0.39, 0.29) is 17.9 Å². The molecule has 1 aliphatic rings. The topological polar surface area (TPSA) is 83.9 Å². The molecule has 0 saturated carbocycles. The number of carbonyl (C=O) groups is 1. The minimum atomic E-state index is -0.404. The number of aromatic nitrogens is 3. The van der Waals surface area contributed by atoms with Crippen molar-refractivity contribution in [1.82, 2.24) is 19.2 Å². The van der Waals surface area contributed by atoms with E-state index in [4.69, 9.17) is 0 Å². The molecule has 0 amide bonds. The third-order valence-electron chi connectivity index (χ3n) is 5.33. The molecule has 1 aliphatic heterocycles. The Labute approximate surface area is 168 Å². The van der Waals surface area contributed by atoms with Gasteiger partial charge in [0.1, 0.15) is 17.3 Å². The Kier molecular flexibility index (Phi) is 5.10. The fourth-order valence-corrected chi connectivity index (χ4v) is 3.87. The van der Waals surface area contributed by atoms with Crippen LogP contribution in [0.25, 0.3) is 0 Å². The molecule has 0 aliphatic carbocycles. The molecule has 0 atom stereocenters. The fraction of sp³-hybridized carbons (Fsp3) is 0.273. The van der Waals surface area contributed by atoms with Gasteiger partial charge in [0.2, 0.25) is 5.78 Å². The van der Waals surface area contributed by atoms with E-state index in [0.29, 0.717) is 18.7 Å². The maximum atomic E-state index is 12.8. The zero-order valence-corrected chi connectivity index (χ0v) is 16.2. The number of fused-ring (bicyclic) bond motifs is 1. The molecule has 0 spiro atoms. The number of nitrogens with zero attached hydrogens (tertiary/aromatic N) is 5. The van der Waals surface area contributed by atoms with Gasteiger partial charge in [-0.25, -0.2) is 0 Å². The molecule has 0 unspecified atom stereocenters. The highest BCUT2D eigenvalue weighted by molar-refractivity contribution is 5.94. The standard InChI is InChI=1S/C22H21N5O2/c1-25-20(7-9-24-25)21(28)15-27-19-8-10-26(13-16-5-3-2-4-6-16)14-18(19)11-17(12-23)22(27)29/h2-7,9,11H,8,10,13-15H2,1H3. The molecule has 0 saturated heterocycles. The number of carbonyl (C=O) groups excluding carboxylic acids is 1. The van der Waals surface area contributed by atoms with Crippen LogP contribution >= 0.6 is 0 Å². The van der Waals surface area contributed by atoms with E-state index in [1.807, 2.05) is 24.3 Å². The second-order valence-corrected chi connectivity index (χ2v) is 7.24. The van der Waals surface area contributed by atoms with Gasteiger partial charge in [0.15, 0.2) is 0 Å². The van der Waals surface area contributed by atoms with Crippen LogP contribution in [-0.2, 0) is 33.1 Å². The van der Waals surface area contributed by atoms with E-state index < -0.39 is 5.56 Å². The van der Waals surface area contributed by atoms with Gasteiger partial charge >= 0.3 is 0 Å². The van der Waals surface area contributed by atoms with Crippen LogP contribution in [0.15, 0.2) is 53.5 Å².